The average molecular weight is 213 g/mol. The number of carboxylic acid groups (broad SMARTS) is 1. The number of rotatable bonds is 5. The second-order valence-corrected chi connectivity index (χ2v) is 3.51. The highest BCUT2D eigenvalue weighted by atomic mass is 16.5. The lowest BCUT2D eigenvalue weighted by Crippen LogP contribution is -2.21. The standard InChI is InChI=1S/C9H15N3O3/c1-6(2)12-8(10-5-11-12)4-15-7(3)9(13)14/h5-7H,4H2,1-3H3,(H,13,14). The number of carbonyl (C=O) groups is 1. The lowest BCUT2D eigenvalue weighted by molar-refractivity contribution is -0.150. The molecule has 0 fully saturated rings. The van der Waals surface area contributed by atoms with Crippen LogP contribution in [-0.4, -0.2) is 31.9 Å². The topological polar surface area (TPSA) is 77.2 Å². The summed E-state index contributed by atoms with van der Waals surface area (Å²) in [5, 5.41) is 12.6. The van der Waals surface area contributed by atoms with Gasteiger partial charge in [0, 0.05) is 6.04 Å². The zero-order chi connectivity index (χ0) is 11.4. The van der Waals surface area contributed by atoms with Crippen molar-refractivity contribution in [3.63, 3.8) is 0 Å². The third-order valence-electron chi connectivity index (χ3n) is 1.95. The number of aromatic nitrogens is 3. The van der Waals surface area contributed by atoms with Crippen LogP contribution in [0.4, 0.5) is 0 Å². The van der Waals surface area contributed by atoms with Gasteiger partial charge in [-0.2, -0.15) is 5.10 Å². The van der Waals surface area contributed by atoms with Crippen LogP contribution >= 0.6 is 0 Å². The summed E-state index contributed by atoms with van der Waals surface area (Å²) in [6.45, 7) is 5.58. The summed E-state index contributed by atoms with van der Waals surface area (Å²) in [7, 11) is 0. The molecule has 0 aliphatic heterocycles. The lowest BCUT2D eigenvalue weighted by Gasteiger charge is -2.11. The van der Waals surface area contributed by atoms with Gasteiger partial charge in [0.1, 0.15) is 12.9 Å². The van der Waals surface area contributed by atoms with Crippen molar-refractivity contribution in [3.05, 3.63) is 12.2 Å². The molecule has 15 heavy (non-hydrogen) atoms. The van der Waals surface area contributed by atoms with Crippen LogP contribution in [0.3, 0.4) is 0 Å². The first-order valence-electron chi connectivity index (χ1n) is 4.75. The molecule has 1 heterocycles. The van der Waals surface area contributed by atoms with E-state index >= 15 is 0 Å². The molecule has 0 aromatic carbocycles. The van der Waals surface area contributed by atoms with Crippen molar-refractivity contribution < 1.29 is 14.6 Å². The maximum Gasteiger partial charge on any atom is 0.332 e. The molecule has 6 nitrogen and oxygen atoms in total. The van der Waals surface area contributed by atoms with Crippen LogP contribution in [-0.2, 0) is 16.1 Å². The van der Waals surface area contributed by atoms with E-state index < -0.39 is 12.1 Å². The molecule has 0 spiro atoms. The Kier molecular flexibility index (Phi) is 3.79. The highest BCUT2D eigenvalue weighted by Crippen LogP contribution is 2.07. The first-order valence-corrected chi connectivity index (χ1v) is 4.75. The molecule has 6 heteroatoms. The number of ether oxygens (including phenoxy) is 1. The quantitative estimate of drug-likeness (QED) is 0.784. The van der Waals surface area contributed by atoms with Crippen LogP contribution in [0.25, 0.3) is 0 Å². The molecule has 0 radical (unpaired) electrons. The van der Waals surface area contributed by atoms with Crippen LogP contribution < -0.4 is 0 Å². The van der Waals surface area contributed by atoms with E-state index in [1.165, 1.54) is 13.3 Å². The van der Waals surface area contributed by atoms with Crippen LogP contribution in [0.5, 0.6) is 0 Å². The largest absolute Gasteiger partial charge is 0.479 e. The zero-order valence-corrected chi connectivity index (χ0v) is 9.04. The van der Waals surface area contributed by atoms with E-state index in [0.717, 1.165) is 0 Å². The number of aliphatic carboxylic acids is 1. The molecule has 0 bridgehead atoms. The van der Waals surface area contributed by atoms with Gasteiger partial charge in [0.25, 0.3) is 0 Å². The minimum absolute atomic E-state index is 0.158. The maximum atomic E-state index is 10.5. The van der Waals surface area contributed by atoms with Crippen molar-refractivity contribution in [2.75, 3.05) is 0 Å². The molecule has 0 aliphatic carbocycles. The fourth-order valence-electron chi connectivity index (χ4n) is 1.08. The summed E-state index contributed by atoms with van der Waals surface area (Å²) in [5.41, 5.74) is 0. The van der Waals surface area contributed by atoms with E-state index in [9.17, 15) is 4.79 Å². The molecule has 0 aliphatic rings. The van der Waals surface area contributed by atoms with Gasteiger partial charge in [0.2, 0.25) is 0 Å². The van der Waals surface area contributed by atoms with E-state index in [1.54, 1.807) is 4.68 Å². The Bertz CT molecular complexity index is 335. The van der Waals surface area contributed by atoms with Crippen molar-refractivity contribution >= 4 is 5.97 Å². The second-order valence-electron chi connectivity index (χ2n) is 3.51. The fourth-order valence-corrected chi connectivity index (χ4v) is 1.08. The van der Waals surface area contributed by atoms with Crippen LogP contribution in [0, 0.1) is 0 Å². The smallest absolute Gasteiger partial charge is 0.332 e. The Balaban J connectivity index is 2.57. The predicted molar refractivity (Wildman–Crippen MR) is 52.3 cm³/mol. The van der Waals surface area contributed by atoms with Crippen molar-refractivity contribution in [1.82, 2.24) is 14.8 Å². The highest BCUT2D eigenvalue weighted by molar-refractivity contribution is 5.71. The van der Waals surface area contributed by atoms with Gasteiger partial charge in [0.15, 0.2) is 11.9 Å². The highest BCUT2D eigenvalue weighted by Gasteiger charge is 2.14. The Morgan fingerprint density at radius 2 is 2.27 bits per heavy atom. The van der Waals surface area contributed by atoms with Gasteiger partial charge in [-0.25, -0.2) is 14.5 Å². The van der Waals surface area contributed by atoms with E-state index in [1.807, 2.05) is 13.8 Å². The number of hydrogen-bond donors (Lipinski definition) is 1. The fraction of sp³-hybridized carbons (Fsp3) is 0.667. The summed E-state index contributed by atoms with van der Waals surface area (Å²) >= 11 is 0. The normalized spacial score (nSPS) is 13.1. The summed E-state index contributed by atoms with van der Waals surface area (Å²) < 4.78 is 6.82. The second kappa shape index (κ2) is 4.88. The SMILES string of the molecule is CC(OCc1ncnn1C(C)C)C(=O)O. The minimum atomic E-state index is -0.981. The molecule has 1 unspecified atom stereocenters. The van der Waals surface area contributed by atoms with Gasteiger partial charge in [-0.05, 0) is 20.8 Å². The van der Waals surface area contributed by atoms with Gasteiger partial charge < -0.3 is 9.84 Å². The monoisotopic (exact) mass is 213 g/mol. The summed E-state index contributed by atoms with van der Waals surface area (Å²) in [5.74, 6) is -0.344. The van der Waals surface area contributed by atoms with E-state index in [0.29, 0.717) is 5.82 Å². The number of hydrogen-bond acceptors (Lipinski definition) is 4. The Morgan fingerprint density at radius 1 is 1.60 bits per heavy atom. The molecule has 1 rings (SSSR count). The molecule has 0 amide bonds. The number of carboxylic acids is 1. The van der Waals surface area contributed by atoms with Crippen molar-refractivity contribution in [3.8, 4) is 0 Å². The molecule has 1 aromatic rings. The van der Waals surface area contributed by atoms with Gasteiger partial charge in [-0.3, -0.25) is 0 Å². The van der Waals surface area contributed by atoms with Gasteiger partial charge in [0.05, 0.1) is 0 Å². The van der Waals surface area contributed by atoms with Crippen molar-refractivity contribution in [2.24, 2.45) is 0 Å². The number of nitrogens with zero attached hydrogens (tertiary/aromatic N) is 3. The molecular weight excluding hydrogens is 198 g/mol. The average Bonchev–Trinajstić information content (AvgIpc) is 2.61. The third kappa shape index (κ3) is 3.02. The van der Waals surface area contributed by atoms with Gasteiger partial charge >= 0.3 is 5.97 Å². The Labute approximate surface area is 87.9 Å². The maximum absolute atomic E-state index is 10.5. The summed E-state index contributed by atoms with van der Waals surface area (Å²) in [6.07, 6.45) is 0.603. The van der Waals surface area contributed by atoms with Gasteiger partial charge in [-0.15, -0.1) is 0 Å². The lowest BCUT2D eigenvalue weighted by atomic mass is 10.4. The zero-order valence-electron chi connectivity index (χ0n) is 9.04. The van der Waals surface area contributed by atoms with E-state index in [-0.39, 0.29) is 12.6 Å². The molecule has 1 N–H and O–H groups in total. The van der Waals surface area contributed by atoms with Crippen molar-refractivity contribution in [2.45, 2.75) is 39.5 Å². The first kappa shape index (κ1) is 11.6. The Morgan fingerprint density at radius 3 is 2.80 bits per heavy atom. The molecule has 0 saturated carbocycles. The van der Waals surface area contributed by atoms with Gasteiger partial charge in [-0.1, -0.05) is 0 Å². The van der Waals surface area contributed by atoms with E-state index in [4.69, 9.17) is 9.84 Å². The summed E-state index contributed by atoms with van der Waals surface area (Å²) in [4.78, 5) is 14.5. The third-order valence-corrected chi connectivity index (χ3v) is 1.95. The predicted octanol–water partition coefficient (Wildman–Crippen LogP) is 0.849. The minimum Gasteiger partial charge on any atom is -0.479 e. The van der Waals surface area contributed by atoms with Crippen LogP contribution in [0.2, 0.25) is 0 Å². The van der Waals surface area contributed by atoms with Crippen molar-refractivity contribution in [1.29, 1.82) is 0 Å². The molecule has 1 atom stereocenters. The molecule has 1 aromatic heterocycles. The first-order chi connectivity index (χ1) is 7.02. The van der Waals surface area contributed by atoms with E-state index in [2.05, 4.69) is 10.1 Å². The van der Waals surface area contributed by atoms with Crippen LogP contribution in [0.1, 0.15) is 32.6 Å². The summed E-state index contributed by atoms with van der Waals surface area (Å²) in [6, 6.07) is 0.186. The molecule has 0 saturated heterocycles. The Hall–Kier alpha value is -1.43. The molecule has 84 valence electrons. The van der Waals surface area contributed by atoms with Crippen LogP contribution in [0.15, 0.2) is 6.33 Å². The molecular formula is C9H15N3O3.